The van der Waals surface area contributed by atoms with Crippen LogP contribution in [0.5, 0.6) is 0 Å². The summed E-state index contributed by atoms with van der Waals surface area (Å²) in [6, 6.07) is 17.2. The zero-order valence-corrected chi connectivity index (χ0v) is 19.2. The molecule has 2 heterocycles. The van der Waals surface area contributed by atoms with Crippen LogP contribution in [0.25, 0.3) is 6.08 Å². The number of nitrogen functional groups attached to an aromatic ring is 1. The van der Waals surface area contributed by atoms with Gasteiger partial charge in [0.05, 0.1) is 6.54 Å². The molecule has 1 aliphatic rings. The van der Waals surface area contributed by atoms with Gasteiger partial charge in [-0.25, -0.2) is 8.42 Å². The van der Waals surface area contributed by atoms with Crippen LogP contribution in [0.1, 0.15) is 17.0 Å². The maximum absolute atomic E-state index is 12.7. The molecule has 1 fully saturated rings. The SMILES string of the molecule is Cc1ccccc1Nc1nc(N)nc(CN2CCN(S(=O)(=O)C=Cc3ccccc3)CC2)n1. The van der Waals surface area contributed by atoms with Crippen LogP contribution in [0.3, 0.4) is 0 Å². The van der Waals surface area contributed by atoms with Gasteiger partial charge in [-0.15, -0.1) is 0 Å². The van der Waals surface area contributed by atoms with E-state index < -0.39 is 10.0 Å². The largest absolute Gasteiger partial charge is 0.368 e. The molecule has 10 heteroatoms. The van der Waals surface area contributed by atoms with Gasteiger partial charge < -0.3 is 11.1 Å². The van der Waals surface area contributed by atoms with E-state index in [9.17, 15) is 8.42 Å². The summed E-state index contributed by atoms with van der Waals surface area (Å²) in [6.07, 6.45) is 1.62. The lowest BCUT2D eigenvalue weighted by atomic mass is 10.2. The summed E-state index contributed by atoms with van der Waals surface area (Å²) in [4.78, 5) is 15.0. The number of hydrogen-bond acceptors (Lipinski definition) is 8. The molecule has 1 aromatic heterocycles. The summed E-state index contributed by atoms with van der Waals surface area (Å²) in [5.41, 5.74) is 8.72. The average Bonchev–Trinajstić information content (AvgIpc) is 2.80. The Kier molecular flexibility index (Phi) is 6.97. The molecule has 2 aromatic carbocycles. The second kappa shape index (κ2) is 10.1. The Bertz CT molecular complexity index is 1220. The van der Waals surface area contributed by atoms with Crippen molar-refractivity contribution in [2.24, 2.45) is 0 Å². The molecule has 3 aromatic rings. The standard InChI is InChI=1S/C23H27N7O2S/c1-18-7-5-6-10-20(18)25-23-27-21(26-22(24)28-23)17-29-12-14-30(15-13-29)33(31,32)16-11-19-8-3-2-4-9-19/h2-11,16H,12-15,17H2,1H3,(H3,24,25,26,27,28). The number of anilines is 3. The fourth-order valence-corrected chi connectivity index (χ4v) is 4.73. The molecule has 4 rings (SSSR count). The van der Waals surface area contributed by atoms with E-state index in [1.54, 1.807) is 6.08 Å². The minimum Gasteiger partial charge on any atom is -0.368 e. The van der Waals surface area contributed by atoms with Crippen molar-refractivity contribution in [2.45, 2.75) is 13.5 Å². The zero-order valence-electron chi connectivity index (χ0n) is 18.4. The van der Waals surface area contributed by atoms with Crippen molar-refractivity contribution in [1.29, 1.82) is 0 Å². The average molecular weight is 466 g/mol. The van der Waals surface area contributed by atoms with Gasteiger partial charge in [0.2, 0.25) is 21.9 Å². The van der Waals surface area contributed by atoms with Crippen molar-refractivity contribution in [3.8, 4) is 0 Å². The first-order valence-corrected chi connectivity index (χ1v) is 12.2. The Morgan fingerprint density at radius 1 is 0.970 bits per heavy atom. The van der Waals surface area contributed by atoms with E-state index in [0.29, 0.717) is 44.5 Å². The highest BCUT2D eigenvalue weighted by atomic mass is 32.2. The maximum Gasteiger partial charge on any atom is 0.236 e. The van der Waals surface area contributed by atoms with Gasteiger partial charge in [0, 0.05) is 37.3 Å². The first-order chi connectivity index (χ1) is 15.9. The molecule has 172 valence electrons. The number of aromatic nitrogens is 3. The molecule has 0 amide bonds. The van der Waals surface area contributed by atoms with Crippen molar-refractivity contribution >= 4 is 33.7 Å². The summed E-state index contributed by atoms with van der Waals surface area (Å²) in [7, 11) is -3.48. The Morgan fingerprint density at radius 2 is 1.67 bits per heavy atom. The highest BCUT2D eigenvalue weighted by Crippen LogP contribution is 2.18. The van der Waals surface area contributed by atoms with Crippen molar-refractivity contribution < 1.29 is 8.42 Å². The Morgan fingerprint density at radius 3 is 2.39 bits per heavy atom. The number of sulfonamides is 1. The summed E-state index contributed by atoms with van der Waals surface area (Å²) in [5.74, 6) is 1.07. The second-order valence-electron chi connectivity index (χ2n) is 7.81. The molecule has 1 saturated heterocycles. The summed E-state index contributed by atoms with van der Waals surface area (Å²) in [5, 5.41) is 4.46. The number of piperazine rings is 1. The van der Waals surface area contributed by atoms with E-state index in [-0.39, 0.29) is 5.95 Å². The van der Waals surface area contributed by atoms with Gasteiger partial charge in [0.1, 0.15) is 5.82 Å². The van der Waals surface area contributed by atoms with Crippen LogP contribution < -0.4 is 11.1 Å². The Hall–Kier alpha value is -3.34. The van der Waals surface area contributed by atoms with E-state index in [1.165, 1.54) is 9.71 Å². The molecule has 9 nitrogen and oxygen atoms in total. The topological polar surface area (TPSA) is 117 Å². The number of hydrogen-bond donors (Lipinski definition) is 2. The third-order valence-electron chi connectivity index (χ3n) is 5.38. The Labute approximate surface area is 194 Å². The fraction of sp³-hybridized carbons (Fsp3) is 0.261. The van der Waals surface area contributed by atoms with Crippen LogP contribution in [-0.4, -0.2) is 58.8 Å². The van der Waals surface area contributed by atoms with Gasteiger partial charge in [-0.3, -0.25) is 4.90 Å². The van der Waals surface area contributed by atoms with Gasteiger partial charge in [-0.05, 0) is 30.2 Å². The Balaban J connectivity index is 1.36. The predicted molar refractivity (Wildman–Crippen MR) is 130 cm³/mol. The molecule has 0 saturated carbocycles. The summed E-state index contributed by atoms with van der Waals surface area (Å²) < 4.78 is 26.9. The smallest absolute Gasteiger partial charge is 0.236 e. The van der Waals surface area contributed by atoms with Gasteiger partial charge in [0.15, 0.2) is 0 Å². The first-order valence-electron chi connectivity index (χ1n) is 10.7. The minimum absolute atomic E-state index is 0.142. The third kappa shape index (κ3) is 6.13. The monoisotopic (exact) mass is 465 g/mol. The second-order valence-corrected chi connectivity index (χ2v) is 9.63. The van der Waals surface area contributed by atoms with Gasteiger partial charge in [-0.1, -0.05) is 48.5 Å². The highest BCUT2D eigenvalue weighted by Gasteiger charge is 2.25. The first kappa shape index (κ1) is 22.8. The van der Waals surface area contributed by atoms with Crippen molar-refractivity contribution in [3.05, 3.63) is 77.0 Å². The lowest BCUT2D eigenvalue weighted by Crippen LogP contribution is -2.47. The molecule has 0 unspecified atom stereocenters. The number of benzene rings is 2. The molecular formula is C23H27N7O2S. The number of rotatable bonds is 7. The lowest BCUT2D eigenvalue weighted by molar-refractivity contribution is 0.179. The van der Waals surface area contributed by atoms with E-state index >= 15 is 0 Å². The van der Waals surface area contributed by atoms with E-state index in [2.05, 4.69) is 25.2 Å². The molecule has 0 aliphatic carbocycles. The molecule has 1 aliphatic heterocycles. The van der Waals surface area contributed by atoms with Gasteiger partial charge in [-0.2, -0.15) is 19.3 Å². The van der Waals surface area contributed by atoms with E-state index in [0.717, 1.165) is 16.8 Å². The van der Waals surface area contributed by atoms with E-state index in [1.807, 2.05) is 61.5 Å². The van der Waals surface area contributed by atoms with Crippen LogP contribution in [0.4, 0.5) is 17.6 Å². The lowest BCUT2D eigenvalue weighted by Gasteiger charge is -2.32. The molecule has 0 spiro atoms. The number of para-hydroxylation sites is 1. The fourth-order valence-electron chi connectivity index (χ4n) is 3.56. The number of nitrogens with zero attached hydrogens (tertiary/aromatic N) is 5. The zero-order chi connectivity index (χ0) is 23.3. The van der Waals surface area contributed by atoms with Gasteiger partial charge >= 0.3 is 0 Å². The molecule has 0 bridgehead atoms. The highest BCUT2D eigenvalue weighted by molar-refractivity contribution is 7.92. The molecule has 0 radical (unpaired) electrons. The third-order valence-corrected chi connectivity index (χ3v) is 6.94. The normalized spacial score (nSPS) is 15.7. The minimum atomic E-state index is -3.48. The van der Waals surface area contributed by atoms with Crippen LogP contribution in [0.2, 0.25) is 0 Å². The number of nitrogens with one attached hydrogen (secondary N) is 1. The molecule has 33 heavy (non-hydrogen) atoms. The summed E-state index contributed by atoms with van der Waals surface area (Å²) in [6.45, 7) is 4.40. The van der Waals surface area contributed by atoms with Gasteiger partial charge in [0.25, 0.3) is 0 Å². The number of aryl methyl sites for hydroxylation is 1. The predicted octanol–water partition coefficient (Wildman–Crippen LogP) is 2.62. The molecule has 3 N–H and O–H groups in total. The number of nitrogens with two attached hydrogens (primary N) is 1. The molecule has 0 atom stereocenters. The maximum atomic E-state index is 12.7. The van der Waals surface area contributed by atoms with Crippen LogP contribution >= 0.6 is 0 Å². The van der Waals surface area contributed by atoms with Crippen molar-refractivity contribution in [2.75, 3.05) is 37.2 Å². The van der Waals surface area contributed by atoms with Crippen LogP contribution in [-0.2, 0) is 16.6 Å². The quantitative estimate of drug-likeness (QED) is 0.547. The van der Waals surface area contributed by atoms with Crippen LogP contribution in [0.15, 0.2) is 60.0 Å². The van der Waals surface area contributed by atoms with Crippen molar-refractivity contribution in [1.82, 2.24) is 24.2 Å². The molecular weight excluding hydrogens is 438 g/mol. The van der Waals surface area contributed by atoms with Crippen molar-refractivity contribution in [3.63, 3.8) is 0 Å². The summed E-state index contributed by atoms with van der Waals surface area (Å²) >= 11 is 0. The van der Waals surface area contributed by atoms with E-state index in [4.69, 9.17) is 5.73 Å². The van der Waals surface area contributed by atoms with Crippen LogP contribution in [0, 0.1) is 6.92 Å².